The van der Waals surface area contributed by atoms with Gasteiger partial charge in [-0.2, -0.15) is 0 Å². The lowest BCUT2D eigenvalue weighted by Gasteiger charge is -2.15. The zero-order valence-electron chi connectivity index (χ0n) is 16.0. The van der Waals surface area contributed by atoms with Crippen LogP contribution < -0.4 is 5.32 Å². The van der Waals surface area contributed by atoms with E-state index in [9.17, 15) is 14.4 Å². The van der Waals surface area contributed by atoms with Crippen LogP contribution in [0, 0.1) is 0 Å². The Morgan fingerprint density at radius 2 is 1.76 bits per heavy atom. The Kier molecular flexibility index (Phi) is 5.37. The number of carbonyl (C=O) groups is 3. The van der Waals surface area contributed by atoms with Crippen molar-refractivity contribution in [2.45, 2.75) is 25.9 Å². The Hall–Kier alpha value is -3.48. The maximum absolute atomic E-state index is 12.8. The molecule has 2 amide bonds. The molecule has 1 N–H and O–H groups in total. The average Bonchev–Trinajstić information content (AvgIpc) is 3.41. The average molecular weight is 390 g/mol. The molecule has 0 bridgehead atoms. The Labute approximate surface area is 168 Å². The molecular formula is C22H22N4O3. The van der Waals surface area contributed by atoms with E-state index in [1.54, 1.807) is 35.2 Å². The number of benzene rings is 1. The molecule has 1 aromatic carbocycles. The number of Topliss-reactive ketones (excluding diaryl/α,β-unsaturated/α-hetero) is 1. The van der Waals surface area contributed by atoms with Gasteiger partial charge in [0.05, 0.1) is 17.8 Å². The summed E-state index contributed by atoms with van der Waals surface area (Å²) >= 11 is 0. The van der Waals surface area contributed by atoms with Crippen LogP contribution >= 0.6 is 0 Å². The molecule has 0 aliphatic carbocycles. The number of hydrogen-bond donors (Lipinski definition) is 1. The lowest BCUT2D eigenvalue weighted by Crippen LogP contribution is -2.31. The Morgan fingerprint density at radius 3 is 2.52 bits per heavy atom. The summed E-state index contributed by atoms with van der Waals surface area (Å²) in [6, 6.07) is 12.7. The summed E-state index contributed by atoms with van der Waals surface area (Å²) in [5.74, 6) is -1.28. The highest BCUT2D eigenvalue weighted by Crippen LogP contribution is 2.22. The number of nitrogens with one attached hydrogen (secondary N) is 1. The second-order valence-electron chi connectivity index (χ2n) is 7.11. The predicted molar refractivity (Wildman–Crippen MR) is 108 cm³/mol. The van der Waals surface area contributed by atoms with Gasteiger partial charge in [0.25, 0.3) is 11.7 Å². The molecule has 2 aromatic heterocycles. The molecule has 1 aliphatic heterocycles. The Bertz CT molecular complexity index is 1050. The van der Waals surface area contributed by atoms with Gasteiger partial charge in [-0.25, -0.2) is 0 Å². The number of hydrogen-bond acceptors (Lipinski definition) is 4. The quantitative estimate of drug-likeness (QED) is 0.516. The number of ketones is 1. The van der Waals surface area contributed by atoms with E-state index in [1.165, 1.54) is 0 Å². The molecule has 0 atom stereocenters. The molecule has 3 heterocycles. The molecule has 3 aromatic rings. The monoisotopic (exact) mass is 390 g/mol. The minimum Gasteiger partial charge on any atom is -0.344 e. The van der Waals surface area contributed by atoms with Gasteiger partial charge in [0.1, 0.15) is 6.54 Å². The number of pyridine rings is 1. The predicted octanol–water partition coefficient (Wildman–Crippen LogP) is 2.16. The maximum atomic E-state index is 12.8. The van der Waals surface area contributed by atoms with Crippen LogP contribution in [-0.2, 0) is 22.7 Å². The summed E-state index contributed by atoms with van der Waals surface area (Å²) in [6.45, 7) is 1.89. The normalized spacial score (nSPS) is 13.6. The second kappa shape index (κ2) is 8.26. The van der Waals surface area contributed by atoms with Crippen LogP contribution in [0.2, 0.25) is 0 Å². The van der Waals surface area contributed by atoms with E-state index >= 15 is 0 Å². The van der Waals surface area contributed by atoms with Gasteiger partial charge in [-0.3, -0.25) is 19.4 Å². The standard InChI is InChI=1S/C22H22N4O3/c27-20(25-11-5-6-12-25)15-26-14-18(17-8-1-2-9-19(17)26)21(28)22(29)24-13-16-7-3-4-10-23-16/h1-4,7-10,14H,5-6,11-13,15H2,(H,24,29). The van der Waals surface area contributed by atoms with Crippen molar-refractivity contribution in [3.63, 3.8) is 0 Å². The number of carbonyl (C=O) groups excluding carboxylic acids is 3. The number of amides is 2. The van der Waals surface area contributed by atoms with E-state index in [0.29, 0.717) is 16.6 Å². The zero-order valence-corrected chi connectivity index (χ0v) is 16.0. The van der Waals surface area contributed by atoms with E-state index in [0.717, 1.165) is 31.4 Å². The zero-order chi connectivity index (χ0) is 20.2. The topological polar surface area (TPSA) is 84.3 Å². The van der Waals surface area contributed by atoms with Crippen molar-refractivity contribution >= 4 is 28.5 Å². The fourth-order valence-electron chi connectivity index (χ4n) is 3.65. The lowest BCUT2D eigenvalue weighted by atomic mass is 10.1. The summed E-state index contributed by atoms with van der Waals surface area (Å²) in [5, 5.41) is 3.29. The van der Waals surface area contributed by atoms with E-state index in [2.05, 4.69) is 10.3 Å². The highest BCUT2D eigenvalue weighted by molar-refractivity contribution is 6.45. The summed E-state index contributed by atoms with van der Waals surface area (Å²) in [6.07, 6.45) is 5.30. The molecule has 7 nitrogen and oxygen atoms in total. The fourth-order valence-corrected chi connectivity index (χ4v) is 3.65. The van der Waals surface area contributed by atoms with Crippen molar-refractivity contribution in [3.8, 4) is 0 Å². The second-order valence-corrected chi connectivity index (χ2v) is 7.11. The first-order valence-corrected chi connectivity index (χ1v) is 9.71. The first-order chi connectivity index (χ1) is 14.1. The number of aromatic nitrogens is 2. The Balaban J connectivity index is 1.54. The summed E-state index contributed by atoms with van der Waals surface area (Å²) < 4.78 is 1.76. The fraction of sp³-hybridized carbons (Fsp3) is 0.273. The van der Waals surface area contributed by atoms with Gasteiger partial charge in [-0.05, 0) is 31.0 Å². The molecule has 0 radical (unpaired) electrons. The van der Waals surface area contributed by atoms with Crippen LogP contribution in [-0.4, -0.2) is 45.1 Å². The van der Waals surface area contributed by atoms with Crippen molar-refractivity contribution in [3.05, 3.63) is 66.1 Å². The molecule has 1 fully saturated rings. The van der Waals surface area contributed by atoms with Gasteiger partial charge in [0, 0.05) is 36.4 Å². The SMILES string of the molecule is O=C(NCc1ccccn1)C(=O)c1cn(CC(=O)N2CCCC2)c2ccccc12. The third-order valence-corrected chi connectivity index (χ3v) is 5.16. The van der Waals surface area contributed by atoms with Crippen molar-refractivity contribution in [1.82, 2.24) is 19.8 Å². The molecule has 1 saturated heterocycles. The number of para-hydroxylation sites is 1. The van der Waals surface area contributed by atoms with Gasteiger partial charge in [-0.1, -0.05) is 24.3 Å². The largest absolute Gasteiger partial charge is 0.344 e. The highest BCUT2D eigenvalue weighted by Gasteiger charge is 2.23. The van der Waals surface area contributed by atoms with E-state index in [4.69, 9.17) is 0 Å². The maximum Gasteiger partial charge on any atom is 0.292 e. The van der Waals surface area contributed by atoms with Crippen LogP contribution in [0.15, 0.2) is 54.9 Å². The van der Waals surface area contributed by atoms with Crippen molar-refractivity contribution in [2.75, 3.05) is 13.1 Å². The summed E-state index contributed by atoms with van der Waals surface area (Å²) in [4.78, 5) is 43.8. The molecule has 4 rings (SSSR count). The number of likely N-dealkylation sites (tertiary alicyclic amines) is 1. The Morgan fingerprint density at radius 1 is 1.00 bits per heavy atom. The third kappa shape index (κ3) is 4.03. The van der Waals surface area contributed by atoms with Crippen LogP contribution in [0.4, 0.5) is 0 Å². The number of fused-ring (bicyclic) bond motifs is 1. The smallest absolute Gasteiger partial charge is 0.292 e. The van der Waals surface area contributed by atoms with Gasteiger partial charge in [-0.15, -0.1) is 0 Å². The van der Waals surface area contributed by atoms with Crippen LogP contribution in [0.5, 0.6) is 0 Å². The molecule has 0 saturated carbocycles. The van der Waals surface area contributed by atoms with Crippen LogP contribution in [0.25, 0.3) is 10.9 Å². The minimum absolute atomic E-state index is 0.0295. The van der Waals surface area contributed by atoms with Crippen LogP contribution in [0.1, 0.15) is 28.9 Å². The first-order valence-electron chi connectivity index (χ1n) is 9.71. The third-order valence-electron chi connectivity index (χ3n) is 5.16. The molecular weight excluding hydrogens is 368 g/mol. The van der Waals surface area contributed by atoms with Gasteiger partial charge in [0.2, 0.25) is 5.91 Å². The van der Waals surface area contributed by atoms with E-state index in [1.807, 2.05) is 29.2 Å². The van der Waals surface area contributed by atoms with Crippen LogP contribution in [0.3, 0.4) is 0 Å². The molecule has 7 heteroatoms. The summed E-state index contributed by atoms with van der Waals surface area (Å²) in [5.41, 5.74) is 1.74. The highest BCUT2D eigenvalue weighted by atomic mass is 16.2. The van der Waals surface area contributed by atoms with E-state index < -0.39 is 11.7 Å². The minimum atomic E-state index is -0.690. The first kappa shape index (κ1) is 18.9. The lowest BCUT2D eigenvalue weighted by molar-refractivity contribution is -0.130. The summed E-state index contributed by atoms with van der Waals surface area (Å²) in [7, 11) is 0. The van der Waals surface area contributed by atoms with Crippen molar-refractivity contribution in [1.29, 1.82) is 0 Å². The van der Waals surface area contributed by atoms with Gasteiger partial charge >= 0.3 is 0 Å². The van der Waals surface area contributed by atoms with Crippen molar-refractivity contribution in [2.24, 2.45) is 0 Å². The molecule has 0 unspecified atom stereocenters. The molecule has 148 valence electrons. The number of rotatable bonds is 6. The van der Waals surface area contributed by atoms with Gasteiger partial charge < -0.3 is 14.8 Å². The molecule has 1 aliphatic rings. The van der Waals surface area contributed by atoms with E-state index in [-0.39, 0.29) is 19.0 Å². The molecule has 29 heavy (non-hydrogen) atoms. The number of nitrogens with zero attached hydrogens (tertiary/aromatic N) is 3. The molecule has 0 spiro atoms. The van der Waals surface area contributed by atoms with Crippen molar-refractivity contribution < 1.29 is 14.4 Å². The van der Waals surface area contributed by atoms with Gasteiger partial charge in [0.15, 0.2) is 0 Å².